The van der Waals surface area contributed by atoms with E-state index < -0.39 is 43.8 Å². The van der Waals surface area contributed by atoms with E-state index in [2.05, 4.69) is 120 Å². The number of para-hydroxylation sites is 5. The molecule has 5 aliphatic rings. The van der Waals surface area contributed by atoms with Crippen molar-refractivity contribution in [3.8, 4) is 28.7 Å². The molecule has 0 aliphatic heterocycles. The van der Waals surface area contributed by atoms with Gasteiger partial charge in [0.25, 0.3) is 0 Å². The van der Waals surface area contributed by atoms with Gasteiger partial charge in [-0.2, -0.15) is 0 Å². The number of alkyl halides is 1. The van der Waals surface area contributed by atoms with Crippen molar-refractivity contribution >= 4 is 35.1 Å². The van der Waals surface area contributed by atoms with Crippen LogP contribution >= 0.6 is 35.1 Å². The number of hydrogen-bond donors (Lipinski definition) is 3. The molecule has 0 saturated heterocycles. The van der Waals surface area contributed by atoms with Crippen LogP contribution in [-0.2, 0) is 27.3 Å². The van der Waals surface area contributed by atoms with Crippen molar-refractivity contribution in [2.24, 2.45) is 29.6 Å². The number of halogens is 1. The number of aromatic hydroxyl groups is 1. The van der Waals surface area contributed by atoms with Crippen molar-refractivity contribution < 1.29 is 199 Å². The number of phosphoric acid groups is 3. The van der Waals surface area contributed by atoms with E-state index in [0.29, 0.717) is 82.2 Å². The number of phenolic OH excluding ortho intramolecular Hbond substituents is 1. The Kier molecular flexibility index (Phi) is 46.1. The summed E-state index contributed by atoms with van der Waals surface area (Å²) in [7, 11) is -14.6. The minimum absolute atomic E-state index is 0. The quantitative estimate of drug-likeness (QED) is 0.0179. The molecule has 0 bridgehead atoms. The number of hydrogen-bond acceptors (Lipinski definition) is 15. The minimum atomic E-state index is -5.02. The molecule has 0 heterocycles. The van der Waals surface area contributed by atoms with Gasteiger partial charge in [0.15, 0.2) is 26.4 Å². The molecule has 5 aromatic carbocycles. The Balaban J connectivity index is 0.000000439. The monoisotopic (exact) mass is 1560 g/mol. The molecule has 0 spiro atoms. The van der Waals surface area contributed by atoms with Crippen LogP contribution in [0.2, 0.25) is 0 Å². The first-order chi connectivity index (χ1) is 47.1. The van der Waals surface area contributed by atoms with Crippen molar-refractivity contribution in [3.05, 3.63) is 147 Å². The molecule has 10 rings (SSSR count). The summed E-state index contributed by atoms with van der Waals surface area (Å²) < 4.78 is 67.4. The van der Waals surface area contributed by atoms with Crippen LogP contribution in [-0.4, -0.2) is 41.3 Å². The zero-order valence-electron chi connectivity index (χ0n) is 66.0. The Bertz CT molecular complexity index is 3240. The normalized spacial score (nSPS) is 16.9. The van der Waals surface area contributed by atoms with Crippen LogP contribution in [0.1, 0.15) is 315 Å². The maximum Gasteiger partial charge on any atom is 1.00 e. The Labute approximate surface area is 716 Å². The molecule has 5 atom stereocenters. The van der Waals surface area contributed by atoms with Crippen LogP contribution in [0.15, 0.2) is 91.0 Å². The van der Waals surface area contributed by atoms with Gasteiger partial charge in [-0.1, -0.05) is 239 Å². The average Bonchev–Trinajstić information content (AvgIpc) is 0.832. The summed E-state index contributed by atoms with van der Waals surface area (Å²) in [6.07, 6.45) is 19.2. The molecule has 25 heteroatoms. The number of rotatable bonds is 29. The van der Waals surface area contributed by atoms with Gasteiger partial charge >= 0.3 is 126 Å². The molecule has 5 saturated carbocycles. The summed E-state index contributed by atoms with van der Waals surface area (Å²) in [5, 5.41) is 10.3. The maximum absolute atomic E-state index is 10.8. The van der Waals surface area contributed by atoms with E-state index in [1.807, 2.05) is 88.4 Å². The summed E-state index contributed by atoms with van der Waals surface area (Å²) >= 11 is 5.79. The van der Waals surface area contributed by atoms with Gasteiger partial charge < -0.3 is 71.6 Å². The summed E-state index contributed by atoms with van der Waals surface area (Å²) in [6.45, 7) is 30.5. The van der Waals surface area contributed by atoms with Gasteiger partial charge in [0.1, 0.15) is 28.7 Å². The smallest absolute Gasteiger partial charge is 0.790 e. The van der Waals surface area contributed by atoms with Gasteiger partial charge in [-0.15, -0.1) is 0 Å². The van der Waals surface area contributed by atoms with Crippen molar-refractivity contribution in [2.75, 3.05) is 26.4 Å². The Morgan fingerprint density at radius 3 is 0.750 bits per heavy atom. The summed E-state index contributed by atoms with van der Waals surface area (Å²) in [6, 6.07) is 31.0. The first-order valence-electron chi connectivity index (χ1n) is 36.6. The Morgan fingerprint density at radius 2 is 0.548 bits per heavy atom. The van der Waals surface area contributed by atoms with Crippen LogP contribution in [0.3, 0.4) is 0 Å². The molecule has 3 N–H and O–H groups in total. The van der Waals surface area contributed by atoms with Crippen LogP contribution in [0.5, 0.6) is 28.7 Å². The first-order valence-corrected chi connectivity index (χ1v) is 41.6. The molecule has 17 nitrogen and oxygen atoms in total. The van der Waals surface area contributed by atoms with E-state index in [-0.39, 0.29) is 142 Å². The SMILES string of the molecule is CC(C)c1cccc([C@H](C)C2CCC2)c1O.CC(C)c1cccc([C@H](C)C2CCC2)c1OCCl.CC(C)c1cccc([C@H](C)C2CCC2)c1OCOP(=O)(O)O.CC(C)c1cccc([C@H](C)C2CCC2)c1OCOP(=O)([O-])[O-].CC(C)c1cccc([C@H](C)C2CCC2)c1OCOP(=O)([O-])[O-].[Na+].[Na+].[Na+].[Na+]. The predicted molar refractivity (Wildman–Crippen MR) is 391 cm³/mol. The van der Waals surface area contributed by atoms with Crippen LogP contribution in [0.4, 0.5) is 0 Å². The molecule has 0 radical (unpaired) electrons. The predicted octanol–water partition coefficient (Wildman–Crippen LogP) is 7.67. The summed E-state index contributed by atoms with van der Waals surface area (Å²) in [4.78, 5) is 60.0. The molecular formula is C79H116ClNa4O17P3. The van der Waals surface area contributed by atoms with E-state index in [1.165, 1.54) is 107 Å². The van der Waals surface area contributed by atoms with E-state index in [1.54, 1.807) is 0 Å². The van der Waals surface area contributed by atoms with Crippen molar-refractivity contribution in [2.45, 2.75) is 259 Å². The molecule has 104 heavy (non-hydrogen) atoms. The third kappa shape index (κ3) is 30.6. The molecule has 5 aliphatic carbocycles. The number of ether oxygens (including phenoxy) is 4. The standard InChI is InChI=1S/C16H23ClO.3C16H25O5P.C15H22O.4Na/c1-11(2)14-8-5-9-15(16(14)18-10-17)12(3)13-6-4-7-13;3*1-11(2)14-8-5-9-15(12(3)13-6-4-7-13)16(14)20-10-21-22(17,18)19;1-10(2)13-8-5-9-14(15(13)16)11(3)12-6-4-7-12;;;;/h5,8-9,11-13H,4,6-7,10H2,1-3H3;3*5,8-9,11-13H,4,6-7,10H2,1-3H3,(H2,17,18,19);5,8-12,16H,4,6-7H2,1-3H3;;;;/q;;;;;4*+1/p-4/t4*12-;11-;;;;/m11111..../s1. The topological polar surface area (TPSA) is 269 Å². The fourth-order valence-electron chi connectivity index (χ4n) is 14.1. The maximum atomic E-state index is 10.8. The third-order valence-electron chi connectivity index (χ3n) is 21.7. The van der Waals surface area contributed by atoms with E-state index in [4.69, 9.17) is 40.3 Å². The van der Waals surface area contributed by atoms with Crippen LogP contribution < -0.4 is 157 Å². The van der Waals surface area contributed by atoms with Crippen molar-refractivity contribution in [1.29, 1.82) is 0 Å². The number of phenols is 1. The van der Waals surface area contributed by atoms with Gasteiger partial charge in [-0.3, -0.25) is 0 Å². The fourth-order valence-corrected chi connectivity index (χ4v) is 14.8. The van der Waals surface area contributed by atoms with E-state index in [0.717, 1.165) is 62.1 Å². The molecule has 0 amide bonds. The third-order valence-corrected chi connectivity index (χ3v) is 23.1. The molecule has 5 fully saturated rings. The van der Waals surface area contributed by atoms with Gasteiger partial charge in [0, 0.05) is 0 Å². The van der Waals surface area contributed by atoms with Crippen LogP contribution in [0, 0.1) is 29.6 Å². The zero-order chi connectivity index (χ0) is 73.8. The van der Waals surface area contributed by atoms with Gasteiger partial charge in [0.05, 0.1) is 15.6 Å². The minimum Gasteiger partial charge on any atom is -0.790 e. The van der Waals surface area contributed by atoms with Crippen LogP contribution in [0.25, 0.3) is 0 Å². The van der Waals surface area contributed by atoms with Crippen molar-refractivity contribution in [3.63, 3.8) is 0 Å². The second kappa shape index (κ2) is 48.1. The molecular weight excluding hydrogens is 1440 g/mol. The summed E-state index contributed by atoms with van der Waals surface area (Å²) in [5.41, 5.74) is 11.1. The van der Waals surface area contributed by atoms with Gasteiger partial charge in [-0.25, -0.2) is 9.09 Å². The Hall–Kier alpha value is -0.280. The molecule has 0 aromatic heterocycles. The second-order valence-corrected chi connectivity index (χ2v) is 33.6. The van der Waals surface area contributed by atoms with Gasteiger partial charge in [-0.05, 0) is 209 Å². The average molecular weight is 1560 g/mol. The zero-order valence-corrected chi connectivity index (χ0v) is 77.5. The fraction of sp³-hybridized carbons (Fsp3) is 0.620. The molecule has 0 unspecified atom stereocenters. The molecule has 5 aromatic rings. The summed E-state index contributed by atoms with van der Waals surface area (Å²) in [5.74, 6) is 10.9. The molecule has 560 valence electrons. The number of phosphoric ester groups is 3. The first kappa shape index (κ1) is 99.8. The van der Waals surface area contributed by atoms with Gasteiger partial charge in [0.2, 0.25) is 0 Å². The second-order valence-electron chi connectivity index (χ2n) is 29.8. The van der Waals surface area contributed by atoms with E-state index in [9.17, 15) is 38.4 Å². The number of benzene rings is 5. The van der Waals surface area contributed by atoms with Crippen molar-refractivity contribution in [1.82, 2.24) is 0 Å². The Morgan fingerprint density at radius 1 is 0.346 bits per heavy atom. The largest absolute Gasteiger partial charge is 1.00 e. The van der Waals surface area contributed by atoms with E-state index >= 15 is 0 Å².